The number of rotatable bonds is 5. The molecule has 1 atom stereocenters. The lowest BCUT2D eigenvalue weighted by Gasteiger charge is -2.13. The maximum atomic E-state index is 3.58. The molecule has 1 fully saturated rings. The normalized spacial score (nSPS) is 17.7. The van der Waals surface area contributed by atoms with Crippen molar-refractivity contribution < 1.29 is 0 Å². The monoisotopic (exact) mass is 203 g/mol. The third kappa shape index (κ3) is 3.07. The van der Waals surface area contributed by atoms with E-state index in [4.69, 9.17) is 0 Å². The molecule has 1 nitrogen and oxygen atoms in total. The second-order valence-corrected chi connectivity index (χ2v) is 4.68. The Hall–Kier alpha value is -0.820. The number of aryl methyl sites for hydroxylation is 1. The van der Waals surface area contributed by atoms with E-state index in [-0.39, 0.29) is 0 Å². The Balaban J connectivity index is 1.88. The van der Waals surface area contributed by atoms with Crippen LogP contribution in [0.3, 0.4) is 0 Å². The molecule has 1 aromatic rings. The summed E-state index contributed by atoms with van der Waals surface area (Å²) in [5, 5.41) is 3.58. The van der Waals surface area contributed by atoms with Gasteiger partial charge in [-0.25, -0.2) is 0 Å². The number of benzene rings is 1. The van der Waals surface area contributed by atoms with E-state index in [9.17, 15) is 0 Å². The van der Waals surface area contributed by atoms with Gasteiger partial charge in [-0.2, -0.15) is 0 Å². The highest BCUT2D eigenvalue weighted by Crippen LogP contribution is 2.21. The van der Waals surface area contributed by atoms with Crippen molar-refractivity contribution in [1.82, 2.24) is 5.32 Å². The van der Waals surface area contributed by atoms with Crippen LogP contribution in [0.4, 0.5) is 0 Å². The van der Waals surface area contributed by atoms with Gasteiger partial charge in [0.2, 0.25) is 0 Å². The molecule has 0 spiro atoms. The smallest absolute Gasteiger partial charge is 0.00684 e. The minimum atomic E-state index is 0.636. The zero-order chi connectivity index (χ0) is 10.7. The standard InChI is InChI=1S/C14H21N/c1-3-12-4-6-13(7-5-12)11(2)10-15-14-8-9-14/h4-7,11,14-15H,3,8-10H2,1-2H3. The van der Waals surface area contributed by atoms with Crippen molar-refractivity contribution >= 4 is 0 Å². The van der Waals surface area contributed by atoms with Crippen LogP contribution in [-0.2, 0) is 6.42 Å². The van der Waals surface area contributed by atoms with E-state index in [1.165, 1.54) is 24.0 Å². The lowest BCUT2D eigenvalue weighted by Crippen LogP contribution is -2.21. The molecule has 1 unspecified atom stereocenters. The van der Waals surface area contributed by atoms with E-state index in [1.807, 2.05) is 0 Å². The van der Waals surface area contributed by atoms with Crippen molar-refractivity contribution in [3.8, 4) is 0 Å². The Morgan fingerprint density at radius 3 is 2.47 bits per heavy atom. The van der Waals surface area contributed by atoms with Crippen LogP contribution >= 0.6 is 0 Å². The lowest BCUT2D eigenvalue weighted by atomic mass is 9.99. The molecule has 0 bridgehead atoms. The molecule has 0 aliphatic heterocycles. The maximum Gasteiger partial charge on any atom is 0.00684 e. The van der Waals surface area contributed by atoms with Crippen molar-refractivity contribution in [2.45, 2.75) is 45.1 Å². The van der Waals surface area contributed by atoms with Gasteiger partial charge in [-0.1, -0.05) is 38.1 Å². The summed E-state index contributed by atoms with van der Waals surface area (Å²) >= 11 is 0. The number of hydrogen-bond acceptors (Lipinski definition) is 1. The molecule has 2 rings (SSSR count). The molecular formula is C14H21N. The maximum absolute atomic E-state index is 3.58. The van der Waals surface area contributed by atoms with E-state index in [2.05, 4.69) is 43.4 Å². The van der Waals surface area contributed by atoms with E-state index < -0.39 is 0 Å². The minimum Gasteiger partial charge on any atom is -0.313 e. The van der Waals surface area contributed by atoms with Gasteiger partial charge in [-0.15, -0.1) is 0 Å². The molecule has 1 heteroatoms. The summed E-state index contributed by atoms with van der Waals surface area (Å²) in [6.07, 6.45) is 3.89. The largest absolute Gasteiger partial charge is 0.313 e. The third-order valence-electron chi connectivity index (χ3n) is 3.25. The van der Waals surface area contributed by atoms with Gasteiger partial charge in [0.05, 0.1) is 0 Å². The highest BCUT2D eigenvalue weighted by atomic mass is 14.9. The first-order chi connectivity index (χ1) is 7.29. The van der Waals surface area contributed by atoms with E-state index in [0.717, 1.165) is 19.0 Å². The average Bonchev–Trinajstić information content (AvgIpc) is 3.10. The first kappa shape index (κ1) is 10.7. The predicted molar refractivity (Wildman–Crippen MR) is 65.3 cm³/mol. The molecule has 1 saturated carbocycles. The molecule has 1 aromatic carbocycles. The summed E-state index contributed by atoms with van der Waals surface area (Å²) < 4.78 is 0. The topological polar surface area (TPSA) is 12.0 Å². The Morgan fingerprint density at radius 1 is 1.27 bits per heavy atom. The zero-order valence-corrected chi connectivity index (χ0v) is 9.79. The molecule has 0 amide bonds. The van der Waals surface area contributed by atoms with E-state index in [0.29, 0.717) is 5.92 Å². The number of nitrogens with one attached hydrogen (secondary N) is 1. The molecule has 0 heterocycles. The van der Waals surface area contributed by atoms with Gasteiger partial charge >= 0.3 is 0 Å². The molecule has 1 N–H and O–H groups in total. The first-order valence-electron chi connectivity index (χ1n) is 6.12. The van der Waals surface area contributed by atoms with Crippen molar-refractivity contribution in [3.05, 3.63) is 35.4 Å². The molecule has 0 aromatic heterocycles. The second kappa shape index (κ2) is 4.80. The van der Waals surface area contributed by atoms with Crippen LogP contribution < -0.4 is 5.32 Å². The Labute approximate surface area is 92.9 Å². The quantitative estimate of drug-likeness (QED) is 0.775. The molecule has 1 aliphatic carbocycles. The fourth-order valence-corrected chi connectivity index (χ4v) is 1.83. The molecule has 0 saturated heterocycles. The highest BCUT2D eigenvalue weighted by Gasteiger charge is 2.20. The summed E-state index contributed by atoms with van der Waals surface area (Å²) in [6.45, 7) is 5.62. The molecule has 1 aliphatic rings. The Morgan fingerprint density at radius 2 is 1.93 bits per heavy atom. The summed E-state index contributed by atoms with van der Waals surface area (Å²) in [5.41, 5.74) is 2.89. The number of hydrogen-bond donors (Lipinski definition) is 1. The molecule has 0 radical (unpaired) electrons. The first-order valence-corrected chi connectivity index (χ1v) is 6.12. The fraction of sp³-hybridized carbons (Fsp3) is 0.571. The van der Waals surface area contributed by atoms with Crippen molar-refractivity contribution in [2.24, 2.45) is 0 Å². The van der Waals surface area contributed by atoms with Gasteiger partial charge in [-0.3, -0.25) is 0 Å². The van der Waals surface area contributed by atoms with Crippen molar-refractivity contribution in [2.75, 3.05) is 6.54 Å². The molecular weight excluding hydrogens is 182 g/mol. The van der Waals surface area contributed by atoms with Crippen molar-refractivity contribution in [3.63, 3.8) is 0 Å². The Bertz CT molecular complexity index is 298. The van der Waals surface area contributed by atoms with Crippen LogP contribution in [0.25, 0.3) is 0 Å². The average molecular weight is 203 g/mol. The summed E-state index contributed by atoms with van der Waals surface area (Å²) in [5.74, 6) is 0.636. The van der Waals surface area contributed by atoms with Gasteiger partial charge in [-0.05, 0) is 36.3 Å². The summed E-state index contributed by atoms with van der Waals surface area (Å²) in [6, 6.07) is 9.88. The van der Waals surface area contributed by atoms with Gasteiger partial charge in [0, 0.05) is 12.6 Å². The Kier molecular flexibility index (Phi) is 3.42. The van der Waals surface area contributed by atoms with Crippen LogP contribution in [0, 0.1) is 0 Å². The summed E-state index contributed by atoms with van der Waals surface area (Å²) in [7, 11) is 0. The fourth-order valence-electron chi connectivity index (χ4n) is 1.83. The zero-order valence-electron chi connectivity index (χ0n) is 9.79. The van der Waals surface area contributed by atoms with Crippen LogP contribution in [0.1, 0.15) is 43.7 Å². The van der Waals surface area contributed by atoms with Gasteiger partial charge in [0.15, 0.2) is 0 Å². The lowest BCUT2D eigenvalue weighted by molar-refractivity contribution is 0.612. The van der Waals surface area contributed by atoms with Crippen LogP contribution in [-0.4, -0.2) is 12.6 Å². The molecule has 82 valence electrons. The van der Waals surface area contributed by atoms with Gasteiger partial charge in [0.1, 0.15) is 0 Å². The van der Waals surface area contributed by atoms with Gasteiger partial charge in [0.25, 0.3) is 0 Å². The third-order valence-corrected chi connectivity index (χ3v) is 3.25. The van der Waals surface area contributed by atoms with E-state index in [1.54, 1.807) is 0 Å². The SMILES string of the molecule is CCc1ccc(C(C)CNC2CC2)cc1. The van der Waals surface area contributed by atoms with Gasteiger partial charge < -0.3 is 5.32 Å². The van der Waals surface area contributed by atoms with Crippen LogP contribution in [0.2, 0.25) is 0 Å². The van der Waals surface area contributed by atoms with E-state index >= 15 is 0 Å². The predicted octanol–water partition coefficient (Wildman–Crippen LogP) is 3.10. The molecule has 15 heavy (non-hydrogen) atoms. The minimum absolute atomic E-state index is 0.636. The second-order valence-electron chi connectivity index (χ2n) is 4.68. The van der Waals surface area contributed by atoms with Crippen molar-refractivity contribution in [1.29, 1.82) is 0 Å². The summed E-state index contributed by atoms with van der Waals surface area (Å²) in [4.78, 5) is 0. The highest BCUT2D eigenvalue weighted by molar-refractivity contribution is 5.25. The van der Waals surface area contributed by atoms with Crippen LogP contribution in [0.5, 0.6) is 0 Å². The van der Waals surface area contributed by atoms with Crippen LogP contribution in [0.15, 0.2) is 24.3 Å².